The SMILES string of the molecule is OCc1nnnn1-c1cccc(F)c1. The lowest BCUT2D eigenvalue weighted by Gasteiger charge is -2.01. The molecule has 0 saturated carbocycles. The van der Waals surface area contributed by atoms with Gasteiger partial charge < -0.3 is 5.11 Å². The Morgan fingerprint density at radius 2 is 2.29 bits per heavy atom. The maximum atomic E-state index is 12.9. The molecule has 0 bridgehead atoms. The van der Waals surface area contributed by atoms with E-state index >= 15 is 0 Å². The third kappa shape index (κ3) is 1.47. The third-order valence-electron chi connectivity index (χ3n) is 1.73. The lowest BCUT2D eigenvalue weighted by atomic mass is 10.3. The van der Waals surface area contributed by atoms with Gasteiger partial charge in [-0.15, -0.1) is 5.10 Å². The zero-order valence-electron chi connectivity index (χ0n) is 7.13. The summed E-state index contributed by atoms with van der Waals surface area (Å²) in [5.74, 6) is -0.0995. The summed E-state index contributed by atoms with van der Waals surface area (Å²) >= 11 is 0. The molecule has 1 heterocycles. The van der Waals surface area contributed by atoms with Crippen LogP contribution < -0.4 is 0 Å². The van der Waals surface area contributed by atoms with E-state index in [4.69, 9.17) is 5.11 Å². The summed E-state index contributed by atoms with van der Waals surface area (Å²) in [6.07, 6.45) is 0. The number of aliphatic hydroxyl groups excluding tert-OH is 1. The fraction of sp³-hybridized carbons (Fsp3) is 0.125. The Morgan fingerprint density at radius 3 is 3.00 bits per heavy atom. The van der Waals surface area contributed by atoms with Crippen molar-refractivity contribution in [1.29, 1.82) is 0 Å². The minimum atomic E-state index is -0.373. The highest BCUT2D eigenvalue weighted by molar-refractivity contribution is 5.31. The van der Waals surface area contributed by atoms with Gasteiger partial charge >= 0.3 is 0 Å². The summed E-state index contributed by atoms with van der Waals surface area (Å²) < 4.78 is 14.1. The first kappa shape index (κ1) is 8.76. The van der Waals surface area contributed by atoms with Gasteiger partial charge in [0, 0.05) is 0 Å². The molecule has 0 radical (unpaired) electrons. The zero-order chi connectivity index (χ0) is 9.97. The minimum absolute atomic E-state index is 0.274. The first-order valence-electron chi connectivity index (χ1n) is 3.95. The Balaban J connectivity index is 2.49. The van der Waals surface area contributed by atoms with Crippen molar-refractivity contribution in [3.63, 3.8) is 0 Å². The summed E-state index contributed by atoms with van der Waals surface area (Å²) in [5.41, 5.74) is 0.485. The molecule has 2 aromatic rings. The van der Waals surface area contributed by atoms with E-state index in [0.717, 1.165) is 0 Å². The van der Waals surface area contributed by atoms with E-state index in [-0.39, 0.29) is 18.2 Å². The molecule has 0 saturated heterocycles. The van der Waals surface area contributed by atoms with Crippen LogP contribution in [0, 0.1) is 5.82 Å². The van der Waals surface area contributed by atoms with Crippen LogP contribution in [-0.2, 0) is 6.61 Å². The summed E-state index contributed by atoms with van der Waals surface area (Å²) in [7, 11) is 0. The third-order valence-corrected chi connectivity index (χ3v) is 1.73. The molecule has 0 atom stereocenters. The number of nitrogens with zero attached hydrogens (tertiary/aromatic N) is 4. The van der Waals surface area contributed by atoms with E-state index < -0.39 is 0 Å². The largest absolute Gasteiger partial charge is 0.388 e. The number of benzene rings is 1. The van der Waals surface area contributed by atoms with Crippen molar-refractivity contribution in [3.05, 3.63) is 35.9 Å². The number of halogens is 1. The average molecular weight is 194 g/mol. The molecule has 0 aliphatic rings. The lowest BCUT2D eigenvalue weighted by Crippen LogP contribution is -2.03. The van der Waals surface area contributed by atoms with Crippen molar-refractivity contribution >= 4 is 0 Å². The van der Waals surface area contributed by atoms with Gasteiger partial charge in [0.2, 0.25) is 0 Å². The molecule has 0 spiro atoms. The molecule has 0 amide bonds. The molecule has 1 aromatic carbocycles. The van der Waals surface area contributed by atoms with E-state index in [2.05, 4.69) is 15.5 Å². The van der Waals surface area contributed by atoms with E-state index in [9.17, 15) is 4.39 Å². The van der Waals surface area contributed by atoms with E-state index in [0.29, 0.717) is 5.69 Å². The Kier molecular flexibility index (Phi) is 2.19. The number of hydrogen-bond donors (Lipinski definition) is 1. The minimum Gasteiger partial charge on any atom is -0.388 e. The second-order valence-corrected chi connectivity index (χ2v) is 2.64. The fourth-order valence-electron chi connectivity index (χ4n) is 1.11. The van der Waals surface area contributed by atoms with Crippen LogP contribution in [0.25, 0.3) is 5.69 Å². The summed E-state index contributed by atoms with van der Waals surface area (Å²) in [4.78, 5) is 0. The van der Waals surface area contributed by atoms with Gasteiger partial charge in [-0.05, 0) is 28.6 Å². The first-order valence-corrected chi connectivity index (χ1v) is 3.95. The number of hydrogen-bond acceptors (Lipinski definition) is 4. The van der Waals surface area contributed by atoms with Gasteiger partial charge in [0.15, 0.2) is 5.82 Å². The molecule has 0 unspecified atom stereocenters. The number of rotatable bonds is 2. The molecule has 0 aliphatic heterocycles. The van der Waals surface area contributed by atoms with Gasteiger partial charge in [-0.2, -0.15) is 4.68 Å². The van der Waals surface area contributed by atoms with Gasteiger partial charge in [-0.3, -0.25) is 0 Å². The van der Waals surface area contributed by atoms with Crippen LogP contribution in [0.4, 0.5) is 4.39 Å². The molecule has 6 heteroatoms. The number of tetrazole rings is 1. The van der Waals surface area contributed by atoms with Gasteiger partial charge in [0.25, 0.3) is 0 Å². The highest BCUT2D eigenvalue weighted by Gasteiger charge is 2.06. The predicted octanol–water partition coefficient (Wildman–Crippen LogP) is 0.294. The van der Waals surface area contributed by atoms with Gasteiger partial charge in [-0.25, -0.2) is 4.39 Å². The molecular weight excluding hydrogens is 187 g/mol. The molecule has 5 nitrogen and oxygen atoms in total. The maximum absolute atomic E-state index is 12.9. The molecule has 1 aromatic heterocycles. The highest BCUT2D eigenvalue weighted by Crippen LogP contribution is 2.09. The Labute approximate surface area is 78.8 Å². The molecule has 0 fully saturated rings. The Hall–Kier alpha value is -1.82. The van der Waals surface area contributed by atoms with Gasteiger partial charge in [-0.1, -0.05) is 6.07 Å². The van der Waals surface area contributed by atoms with Crippen LogP contribution in [0.5, 0.6) is 0 Å². The topological polar surface area (TPSA) is 63.8 Å². The quantitative estimate of drug-likeness (QED) is 0.746. The second-order valence-electron chi connectivity index (χ2n) is 2.64. The van der Waals surface area contributed by atoms with Gasteiger partial charge in [0.1, 0.15) is 12.4 Å². The lowest BCUT2D eigenvalue weighted by molar-refractivity contribution is 0.268. The predicted molar refractivity (Wildman–Crippen MR) is 45.0 cm³/mol. The van der Waals surface area contributed by atoms with Crippen molar-refractivity contribution in [2.24, 2.45) is 0 Å². The Bertz CT molecular complexity index is 442. The molecule has 14 heavy (non-hydrogen) atoms. The second kappa shape index (κ2) is 3.51. The van der Waals surface area contributed by atoms with Crippen molar-refractivity contribution in [1.82, 2.24) is 20.2 Å². The van der Waals surface area contributed by atoms with Crippen LogP contribution in [-0.4, -0.2) is 25.3 Å². The fourth-order valence-corrected chi connectivity index (χ4v) is 1.11. The smallest absolute Gasteiger partial charge is 0.182 e. The molecule has 1 N–H and O–H groups in total. The zero-order valence-corrected chi connectivity index (χ0v) is 7.13. The van der Waals surface area contributed by atoms with E-state index in [1.165, 1.54) is 16.8 Å². The molecule has 2 rings (SSSR count). The van der Waals surface area contributed by atoms with E-state index in [1.54, 1.807) is 12.1 Å². The van der Waals surface area contributed by atoms with Crippen LogP contribution in [0.1, 0.15) is 5.82 Å². The summed E-state index contributed by atoms with van der Waals surface area (Å²) in [5, 5.41) is 19.5. The van der Waals surface area contributed by atoms with Crippen molar-refractivity contribution < 1.29 is 9.50 Å². The average Bonchev–Trinajstić information content (AvgIpc) is 2.65. The van der Waals surface area contributed by atoms with Crippen molar-refractivity contribution in [3.8, 4) is 5.69 Å². The van der Waals surface area contributed by atoms with E-state index in [1.807, 2.05) is 0 Å². The van der Waals surface area contributed by atoms with Gasteiger partial charge in [0.05, 0.1) is 5.69 Å². The standard InChI is InChI=1S/C8H7FN4O/c9-6-2-1-3-7(4-6)13-8(5-14)10-11-12-13/h1-4,14H,5H2. The number of aliphatic hydroxyl groups is 1. The number of aromatic nitrogens is 4. The van der Waals surface area contributed by atoms with Crippen LogP contribution in [0.15, 0.2) is 24.3 Å². The summed E-state index contributed by atoms with van der Waals surface area (Å²) in [6.45, 7) is -0.288. The maximum Gasteiger partial charge on any atom is 0.182 e. The first-order chi connectivity index (χ1) is 6.81. The molecular formula is C8H7FN4O. The molecule has 0 aliphatic carbocycles. The van der Waals surface area contributed by atoms with Crippen molar-refractivity contribution in [2.45, 2.75) is 6.61 Å². The van der Waals surface area contributed by atoms with Crippen LogP contribution in [0.2, 0.25) is 0 Å². The molecule has 72 valence electrons. The van der Waals surface area contributed by atoms with Crippen LogP contribution >= 0.6 is 0 Å². The van der Waals surface area contributed by atoms with Crippen LogP contribution in [0.3, 0.4) is 0 Å². The highest BCUT2D eigenvalue weighted by atomic mass is 19.1. The monoisotopic (exact) mass is 194 g/mol. The van der Waals surface area contributed by atoms with Crippen molar-refractivity contribution in [2.75, 3.05) is 0 Å². The summed E-state index contributed by atoms with van der Waals surface area (Å²) in [6, 6.07) is 5.81. The Morgan fingerprint density at radius 1 is 1.43 bits per heavy atom. The normalized spacial score (nSPS) is 10.4.